The van der Waals surface area contributed by atoms with Crippen LogP contribution in [0.3, 0.4) is 0 Å². The molecule has 27 heavy (non-hydrogen) atoms. The molecular formula is C20H18N4O2S. The highest BCUT2D eigenvalue weighted by atomic mass is 32.1. The smallest absolute Gasteiger partial charge is 0.269 e. The fraction of sp³-hybridized carbons (Fsp3) is 0.300. The molecule has 0 fully saturated rings. The molecule has 1 aromatic carbocycles. The standard InChI is InChI=1S/C20H18N4O2S/c1-12-6-7-13-14(9-21)20(27-17(13)8-12)23-18(25)11-24-16-5-3-2-4-15(16)22-10-19(24)26/h2-5,10,12H,6-8,11H2,1H3,(H,23,25). The van der Waals surface area contributed by atoms with Crippen LogP contribution in [0.5, 0.6) is 0 Å². The molecule has 1 atom stereocenters. The highest BCUT2D eigenvalue weighted by Crippen LogP contribution is 2.39. The monoisotopic (exact) mass is 378 g/mol. The van der Waals surface area contributed by atoms with E-state index in [0.29, 0.717) is 27.5 Å². The van der Waals surface area contributed by atoms with Crippen molar-refractivity contribution in [2.24, 2.45) is 5.92 Å². The minimum atomic E-state index is -0.330. The maximum atomic E-state index is 12.6. The molecule has 136 valence electrons. The molecule has 1 aliphatic carbocycles. The average Bonchev–Trinajstić information content (AvgIpc) is 2.99. The number of benzene rings is 1. The van der Waals surface area contributed by atoms with E-state index in [1.165, 1.54) is 27.0 Å². The van der Waals surface area contributed by atoms with E-state index in [0.717, 1.165) is 24.8 Å². The Bertz CT molecular complexity index is 1140. The number of thiophene rings is 1. The molecule has 4 rings (SSSR count). The van der Waals surface area contributed by atoms with E-state index in [1.807, 2.05) is 6.07 Å². The average molecular weight is 378 g/mol. The molecule has 6 nitrogen and oxygen atoms in total. The van der Waals surface area contributed by atoms with E-state index in [4.69, 9.17) is 0 Å². The summed E-state index contributed by atoms with van der Waals surface area (Å²) in [7, 11) is 0. The first-order valence-corrected chi connectivity index (χ1v) is 9.67. The number of hydrogen-bond acceptors (Lipinski definition) is 5. The van der Waals surface area contributed by atoms with E-state index < -0.39 is 0 Å². The fourth-order valence-electron chi connectivity index (χ4n) is 3.54. The summed E-state index contributed by atoms with van der Waals surface area (Å²) in [5, 5.41) is 13.0. The van der Waals surface area contributed by atoms with Crippen molar-refractivity contribution in [3.05, 3.63) is 56.8 Å². The maximum Gasteiger partial charge on any atom is 0.269 e. The van der Waals surface area contributed by atoms with Crippen LogP contribution in [-0.4, -0.2) is 15.5 Å². The summed E-state index contributed by atoms with van der Waals surface area (Å²) in [5.74, 6) is 0.268. The molecule has 2 aromatic heterocycles. The molecule has 0 saturated heterocycles. The molecule has 7 heteroatoms. The Morgan fingerprint density at radius 2 is 2.26 bits per heavy atom. The summed E-state index contributed by atoms with van der Waals surface area (Å²) < 4.78 is 1.40. The summed E-state index contributed by atoms with van der Waals surface area (Å²) in [4.78, 5) is 30.1. The lowest BCUT2D eigenvalue weighted by molar-refractivity contribution is -0.116. The lowest BCUT2D eigenvalue weighted by Crippen LogP contribution is -2.27. The molecule has 0 saturated carbocycles. The Balaban J connectivity index is 1.62. The number of nitrogens with one attached hydrogen (secondary N) is 1. The van der Waals surface area contributed by atoms with Crippen molar-refractivity contribution in [3.8, 4) is 6.07 Å². The zero-order valence-electron chi connectivity index (χ0n) is 14.9. The first-order chi connectivity index (χ1) is 13.1. The van der Waals surface area contributed by atoms with Crippen LogP contribution in [-0.2, 0) is 24.2 Å². The van der Waals surface area contributed by atoms with Crippen LogP contribution in [0.25, 0.3) is 11.0 Å². The number of amides is 1. The number of nitriles is 1. The quantitative estimate of drug-likeness (QED) is 0.759. The topological polar surface area (TPSA) is 87.8 Å². The van der Waals surface area contributed by atoms with Crippen molar-refractivity contribution < 1.29 is 4.79 Å². The number of para-hydroxylation sites is 2. The van der Waals surface area contributed by atoms with Gasteiger partial charge in [-0.1, -0.05) is 19.1 Å². The Morgan fingerprint density at radius 3 is 3.07 bits per heavy atom. The van der Waals surface area contributed by atoms with Crippen molar-refractivity contribution in [1.29, 1.82) is 5.26 Å². The summed E-state index contributed by atoms with van der Waals surface area (Å²) in [6, 6.07) is 9.45. The number of hydrogen-bond donors (Lipinski definition) is 1. The number of carbonyl (C=O) groups is 1. The van der Waals surface area contributed by atoms with Crippen molar-refractivity contribution in [3.63, 3.8) is 0 Å². The predicted octanol–water partition coefficient (Wildman–Crippen LogP) is 3.09. The normalized spacial score (nSPS) is 15.9. The molecular weight excluding hydrogens is 360 g/mol. The van der Waals surface area contributed by atoms with E-state index >= 15 is 0 Å². The number of fused-ring (bicyclic) bond motifs is 2. The van der Waals surface area contributed by atoms with Gasteiger partial charge in [0, 0.05) is 4.88 Å². The lowest BCUT2D eigenvalue weighted by Gasteiger charge is -2.17. The lowest BCUT2D eigenvalue weighted by atomic mass is 9.89. The molecule has 3 aromatic rings. The summed E-state index contributed by atoms with van der Waals surface area (Å²) in [6.07, 6.45) is 4.10. The first-order valence-electron chi connectivity index (χ1n) is 8.86. The molecule has 1 amide bonds. The number of anilines is 1. The summed E-state index contributed by atoms with van der Waals surface area (Å²) in [5.41, 5.74) is 2.58. The molecule has 1 N–H and O–H groups in total. The number of carbonyl (C=O) groups excluding carboxylic acids is 1. The largest absolute Gasteiger partial charge is 0.315 e. The van der Waals surface area contributed by atoms with Gasteiger partial charge in [-0.15, -0.1) is 11.3 Å². The zero-order chi connectivity index (χ0) is 19.0. The van der Waals surface area contributed by atoms with Gasteiger partial charge in [-0.05, 0) is 42.9 Å². The van der Waals surface area contributed by atoms with Gasteiger partial charge in [-0.3, -0.25) is 14.2 Å². The third-order valence-electron chi connectivity index (χ3n) is 4.93. The van der Waals surface area contributed by atoms with Crippen LogP contribution < -0.4 is 10.9 Å². The molecule has 0 radical (unpaired) electrons. The second kappa shape index (κ2) is 6.97. The Morgan fingerprint density at radius 1 is 1.44 bits per heavy atom. The van der Waals surface area contributed by atoms with E-state index in [2.05, 4.69) is 23.3 Å². The molecule has 1 aliphatic rings. The number of nitrogens with zero attached hydrogens (tertiary/aromatic N) is 3. The fourth-order valence-corrected chi connectivity index (χ4v) is 4.92. The van der Waals surface area contributed by atoms with Crippen molar-refractivity contribution in [2.45, 2.75) is 32.7 Å². The van der Waals surface area contributed by atoms with Crippen molar-refractivity contribution in [1.82, 2.24) is 9.55 Å². The Kier molecular flexibility index (Phi) is 4.50. The van der Waals surface area contributed by atoms with E-state index in [1.54, 1.807) is 18.2 Å². The molecule has 0 bridgehead atoms. The number of rotatable bonds is 3. The summed E-state index contributed by atoms with van der Waals surface area (Å²) in [6.45, 7) is 2.08. The third kappa shape index (κ3) is 3.24. The maximum absolute atomic E-state index is 12.6. The van der Waals surface area contributed by atoms with Gasteiger partial charge in [0.2, 0.25) is 5.91 Å². The SMILES string of the molecule is CC1CCc2c(sc(NC(=O)Cn3c(=O)cnc4ccccc43)c2C#N)C1. The first kappa shape index (κ1) is 17.4. The van der Waals surface area contributed by atoms with Gasteiger partial charge in [0.15, 0.2) is 0 Å². The summed E-state index contributed by atoms with van der Waals surface area (Å²) >= 11 is 1.48. The van der Waals surface area contributed by atoms with E-state index in [-0.39, 0.29) is 18.0 Å². The van der Waals surface area contributed by atoms with Gasteiger partial charge in [0.05, 0.1) is 22.8 Å². The van der Waals surface area contributed by atoms with Crippen LogP contribution in [0.4, 0.5) is 5.00 Å². The minimum Gasteiger partial charge on any atom is -0.315 e. The van der Waals surface area contributed by atoms with Gasteiger partial charge in [-0.25, -0.2) is 4.98 Å². The highest BCUT2D eigenvalue weighted by Gasteiger charge is 2.24. The minimum absolute atomic E-state index is 0.119. The predicted molar refractivity (Wildman–Crippen MR) is 105 cm³/mol. The van der Waals surface area contributed by atoms with Gasteiger partial charge >= 0.3 is 0 Å². The van der Waals surface area contributed by atoms with Crippen LogP contribution in [0.1, 0.15) is 29.3 Å². The zero-order valence-corrected chi connectivity index (χ0v) is 15.7. The highest BCUT2D eigenvalue weighted by molar-refractivity contribution is 7.16. The van der Waals surface area contributed by atoms with Gasteiger partial charge in [0.25, 0.3) is 5.56 Å². The molecule has 1 unspecified atom stereocenters. The molecule has 0 spiro atoms. The molecule has 2 heterocycles. The van der Waals surface area contributed by atoms with Crippen LogP contribution in [0.15, 0.2) is 35.3 Å². The Labute approximate surface area is 160 Å². The molecule has 0 aliphatic heterocycles. The van der Waals surface area contributed by atoms with Gasteiger partial charge in [-0.2, -0.15) is 5.26 Å². The Hall–Kier alpha value is -2.98. The second-order valence-corrected chi connectivity index (χ2v) is 7.99. The van der Waals surface area contributed by atoms with Crippen LogP contribution in [0.2, 0.25) is 0 Å². The van der Waals surface area contributed by atoms with Gasteiger partial charge in [0.1, 0.15) is 17.6 Å². The number of aromatic nitrogens is 2. The van der Waals surface area contributed by atoms with Gasteiger partial charge < -0.3 is 5.32 Å². The van der Waals surface area contributed by atoms with E-state index in [9.17, 15) is 14.9 Å². The van der Waals surface area contributed by atoms with Crippen molar-refractivity contribution in [2.75, 3.05) is 5.32 Å². The van der Waals surface area contributed by atoms with Crippen LogP contribution >= 0.6 is 11.3 Å². The third-order valence-corrected chi connectivity index (χ3v) is 6.10. The van der Waals surface area contributed by atoms with Crippen molar-refractivity contribution >= 4 is 33.3 Å². The second-order valence-electron chi connectivity index (χ2n) is 6.89. The van der Waals surface area contributed by atoms with Crippen LogP contribution in [0, 0.1) is 17.2 Å².